The molecule has 2 amide bonds. The van der Waals surface area contributed by atoms with Crippen LogP contribution in [0.1, 0.15) is 44.6 Å². The molecule has 2 heterocycles. The molecule has 1 saturated carbocycles. The van der Waals surface area contributed by atoms with Gasteiger partial charge in [-0.1, -0.05) is 19.4 Å². The van der Waals surface area contributed by atoms with Crippen LogP contribution in [0, 0.1) is 12.8 Å². The van der Waals surface area contributed by atoms with Gasteiger partial charge in [0.1, 0.15) is 5.01 Å². The van der Waals surface area contributed by atoms with Crippen molar-refractivity contribution in [1.29, 1.82) is 0 Å². The van der Waals surface area contributed by atoms with Crippen molar-refractivity contribution in [3.05, 3.63) is 48.0 Å². The summed E-state index contributed by atoms with van der Waals surface area (Å²) in [6.45, 7) is 4.35. The first-order valence-electron chi connectivity index (χ1n) is 11.2. The highest BCUT2D eigenvalue weighted by Crippen LogP contribution is 2.32. The van der Waals surface area contributed by atoms with Crippen LogP contribution in [-0.4, -0.2) is 28.9 Å². The summed E-state index contributed by atoms with van der Waals surface area (Å²) in [4.78, 5) is 31.9. The van der Waals surface area contributed by atoms with E-state index in [1.807, 2.05) is 30.3 Å². The summed E-state index contributed by atoms with van der Waals surface area (Å²) in [5.74, 6) is 0.423. The Bertz CT molecular complexity index is 1140. The number of carbonyl (C=O) groups is 2. The molecule has 0 bridgehead atoms. The molecule has 3 aromatic rings. The number of anilines is 1. The molecule has 2 fully saturated rings. The highest BCUT2D eigenvalue weighted by molar-refractivity contribution is 7.21. The number of nitrogens with two attached hydrogens (primary N) is 1. The van der Waals surface area contributed by atoms with Crippen LogP contribution in [0.15, 0.2) is 42.5 Å². The molecule has 5 rings (SSSR count). The van der Waals surface area contributed by atoms with Gasteiger partial charge in [-0.25, -0.2) is 9.88 Å². The van der Waals surface area contributed by atoms with E-state index in [0.717, 1.165) is 22.5 Å². The summed E-state index contributed by atoms with van der Waals surface area (Å²) in [6.07, 6.45) is 5.13. The number of aromatic nitrogens is 1. The molecule has 2 N–H and O–H groups in total. The molecule has 2 aliphatic rings. The molecule has 1 aliphatic heterocycles. The molecule has 160 valence electrons. The van der Waals surface area contributed by atoms with Gasteiger partial charge in [-0.05, 0) is 68.1 Å². The number of thiazole rings is 1. The van der Waals surface area contributed by atoms with Gasteiger partial charge in [0.2, 0.25) is 5.91 Å². The summed E-state index contributed by atoms with van der Waals surface area (Å²) in [7, 11) is 0. The van der Waals surface area contributed by atoms with E-state index >= 15 is 0 Å². The van der Waals surface area contributed by atoms with Gasteiger partial charge in [0, 0.05) is 11.5 Å². The van der Waals surface area contributed by atoms with E-state index in [1.165, 1.54) is 34.4 Å². The molecule has 2 aromatic carbocycles. The maximum Gasteiger partial charge on any atom is 0.292 e. The van der Waals surface area contributed by atoms with E-state index in [0.29, 0.717) is 24.1 Å². The number of aryl methyl sites for hydroxylation is 1. The standard InChI is InChI=1S/C25H27N3O2S/c1-15-7-12-20-22(13-15)31-24(27-20)17-8-10-18(11-9-17)28-23(29)14-21(25(28)30)26-19-6-4-3-5-16(19)2/h7-13,16,19,21,26H,3-6,14H2,1-2H3/p+1/t16-,19+,21+/m0/s1. The van der Waals surface area contributed by atoms with Gasteiger partial charge >= 0.3 is 0 Å². The number of hydrogen-bond donors (Lipinski definition) is 1. The first-order valence-corrected chi connectivity index (χ1v) is 12.0. The largest absolute Gasteiger partial charge is 0.333 e. The lowest BCUT2D eigenvalue weighted by atomic mass is 9.85. The third-order valence-corrected chi connectivity index (χ3v) is 7.82. The van der Waals surface area contributed by atoms with Crippen molar-refractivity contribution in [1.82, 2.24) is 4.98 Å². The molecule has 1 aromatic heterocycles. The normalized spacial score (nSPS) is 24.3. The van der Waals surface area contributed by atoms with Crippen molar-refractivity contribution in [2.45, 2.75) is 58.0 Å². The lowest BCUT2D eigenvalue weighted by Gasteiger charge is -2.28. The van der Waals surface area contributed by atoms with Gasteiger partial charge in [-0.3, -0.25) is 9.59 Å². The number of quaternary nitrogens is 1. The predicted molar refractivity (Wildman–Crippen MR) is 124 cm³/mol. The first-order chi connectivity index (χ1) is 15.0. The topological polar surface area (TPSA) is 66.9 Å². The minimum absolute atomic E-state index is 0.0778. The first kappa shape index (κ1) is 20.3. The number of hydrogen-bond acceptors (Lipinski definition) is 4. The number of carbonyl (C=O) groups excluding carboxylic acids is 2. The lowest BCUT2D eigenvalue weighted by molar-refractivity contribution is -0.715. The summed E-state index contributed by atoms with van der Waals surface area (Å²) < 4.78 is 1.17. The van der Waals surface area contributed by atoms with Crippen molar-refractivity contribution in [2.75, 3.05) is 4.90 Å². The highest BCUT2D eigenvalue weighted by Gasteiger charge is 2.44. The van der Waals surface area contributed by atoms with Crippen LogP contribution in [0.4, 0.5) is 5.69 Å². The van der Waals surface area contributed by atoms with E-state index in [4.69, 9.17) is 4.98 Å². The monoisotopic (exact) mass is 434 g/mol. The molecule has 6 heteroatoms. The molecule has 31 heavy (non-hydrogen) atoms. The Morgan fingerprint density at radius 1 is 1.06 bits per heavy atom. The Labute approximate surface area is 186 Å². The number of benzene rings is 2. The van der Waals surface area contributed by atoms with Crippen LogP contribution < -0.4 is 10.2 Å². The van der Waals surface area contributed by atoms with Crippen molar-refractivity contribution in [3.8, 4) is 10.6 Å². The van der Waals surface area contributed by atoms with Crippen LogP contribution >= 0.6 is 11.3 Å². The van der Waals surface area contributed by atoms with E-state index in [1.54, 1.807) is 11.3 Å². The molecule has 1 saturated heterocycles. The Hall–Kier alpha value is -2.57. The molecule has 0 spiro atoms. The lowest BCUT2D eigenvalue weighted by Crippen LogP contribution is -2.97. The fraction of sp³-hybridized carbons (Fsp3) is 0.400. The minimum atomic E-state index is -0.287. The van der Waals surface area contributed by atoms with Gasteiger partial charge < -0.3 is 5.32 Å². The van der Waals surface area contributed by atoms with Crippen LogP contribution in [-0.2, 0) is 9.59 Å². The van der Waals surface area contributed by atoms with Crippen LogP contribution in [0.25, 0.3) is 20.8 Å². The Morgan fingerprint density at radius 3 is 2.61 bits per heavy atom. The third-order valence-electron chi connectivity index (χ3n) is 6.76. The van der Waals surface area contributed by atoms with Crippen LogP contribution in [0.5, 0.6) is 0 Å². The van der Waals surface area contributed by atoms with Gasteiger partial charge in [0.25, 0.3) is 5.91 Å². The van der Waals surface area contributed by atoms with Gasteiger partial charge in [0.05, 0.1) is 28.4 Å². The molecule has 3 atom stereocenters. The van der Waals surface area contributed by atoms with Crippen LogP contribution in [0.3, 0.4) is 0 Å². The minimum Gasteiger partial charge on any atom is -0.333 e. The number of imide groups is 1. The summed E-state index contributed by atoms with van der Waals surface area (Å²) in [5.41, 5.74) is 3.87. The molecular weight excluding hydrogens is 406 g/mol. The predicted octanol–water partition coefficient (Wildman–Crippen LogP) is 4.05. The van der Waals surface area contributed by atoms with Crippen molar-refractivity contribution in [3.63, 3.8) is 0 Å². The van der Waals surface area contributed by atoms with Crippen molar-refractivity contribution in [2.24, 2.45) is 5.92 Å². The Morgan fingerprint density at radius 2 is 1.84 bits per heavy atom. The Kier molecular flexibility index (Phi) is 5.36. The molecule has 5 nitrogen and oxygen atoms in total. The zero-order valence-electron chi connectivity index (χ0n) is 18.0. The fourth-order valence-corrected chi connectivity index (χ4v) is 5.98. The number of nitrogens with zero attached hydrogens (tertiary/aromatic N) is 2. The molecule has 0 radical (unpaired) electrons. The average molecular weight is 435 g/mol. The van der Waals surface area contributed by atoms with Gasteiger partial charge in [-0.2, -0.15) is 0 Å². The zero-order chi connectivity index (χ0) is 21.5. The van der Waals surface area contributed by atoms with E-state index in [9.17, 15) is 9.59 Å². The van der Waals surface area contributed by atoms with E-state index in [2.05, 4.69) is 31.3 Å². The zero-order valence-corrected chi connectivity index (χ0v) is 18.8. The summed E-state index contributed by atoms with van der Waals surface area (Å²) >= 11 is 1.66. The molecular formula is C25H28N3O2S+. The fourth-order valence-electron chi connectivity index (χ4n) is 4.91. The van der Waals surface area contributed by atoms with Crippen LogP contribution in [0.2, 0.25) is 0 Å². The summed E-state index contributed by atoms with van der Waals surface area (Å²) in [6, 6.07) is 14.1. The second-order valence-corrected chi connectivity index (χ2v) is 10.1. The second kappa shape index (κ2) is 8.17. The SMILES string of the molecule is Cc1ccc2nc(-c3ccc(N4C(=O)C[C@@H]([NH2+][C@@H]5CCCC[C@@H]5C)C4=O)cc3)sc2c1. The molecule has 0 unspecified atom stereocenters. The van der Waals surface area contributed by atoms with Crippen molar-refractivity contribution >= 4 is 39.1 Å². The summed E-state index contributed by atoms with van der Waals surface area (Å²) in [5, 5.41) is 3.12. The molecule has 1 aliphatic carbocycles. The van der Waals surface area contributed by atoms with E-state index < -0.39 is 0 Å². The number of amides is 2. The van der Waals surface area contributed by atoms with Gasteiger partial charge in [0.15, 0.2) is 6.04 Å². The maximum atomic E-state index is 13.1. The van der Waals surface area contributed by atoms with Gasteiger partial charge in [-0.15, -0.1) is 11.3 Å². The average Bonchev–Trinajstić information content (AvgIpc) is 3.30. The quantitative estimate of drug-likeness (QED) is 0.630. The highest BCUT2D eigenvalue weighted by atomic mass is 32.1. The smallest absolute Gasteiger partial charge is 0.292 e. The number of fused-ring (bicyclic) bond motifs is 1. The Balaban J connectivity index is 1.33. The third kappa shape index (κ3) is 3.90. The van der Waals surface area contributed by atoms with Crippen molar-refractivity contribution < 1.29 is 14.9 Å². The second-order valence-electron chi connectivity index (χ2n) is 9.03. The van der Waals surface area contributed by atoms with E-state index in [-0.39, 0.29) is 17.9 Å². The number of rotatable bonds is 4. The maximum absolute atomic E-state index is 13.1.